The highest BCUT2D eigenvalue weighted by molar-refractivity contribution is 7.90. The van der Waals surface area contributed by atoms with Crippen LogP contribution in [0.3, 0.4) is 0 Å². The molecule has 0 spiro atoms. The maximum Gasteiger partial charge on any atom is 0.356 e. The molecule has 1 aromatic heterocycles. The molecular weight excluding hydrogens is 565 g/mol. The SMILES string of the molecule is CCOC(=O)c1c(C=C(C(=O)O)c2ccc(OC)cc2)c2c(Cl)cc(Cl)cc2n1S(=O)(=O)c1ccc(C)cc1. The fraction of sp³-hybridized carbons (Fsp3) is 0.143. The largest absolute Gasteiger partial charge is 0.497 e. The molecule has 0 aliphatic heterocycles. The van der Waals surface area contributed by atoms with Gasteiger partial charge in [-0.1, -0.05) is 53.0 Å². The number of methoxy groups -OCH3 is 1. The molecule has 0 saturated heterocycles. The Hall–Kier alpha value is -3.79. The van der Waals surface area contributed by atoms with Crippen molar-refractivity contribution in [3.63, 3.8) is 0 Å². The van der Waals surface area contributed by atoms with Crippen LogP contribution in [0.15, 0.2) is 65.6 Å². The van der Waals surface area contributed by atoms with Crippen molar-refractivity contribution in [2.45, 2.75) is 18.7 Å². The van der Waals surface area contributed by atoms with Gasteiger partial charge in [0.15, 0.2) is 5.69 Å². The molecule has 1 heterocycles. The number of aryl methyl sites for hydroxylation is 1. The molecule has 0 atom stereocenters. The van der Waals surface area contributed by atoms with E-state index < -0.39 is 27.7 Å². The van der Waals surface area contributed by atoms with Crippen molar-refractivity contribution < 1.29 is 32.6 Å². The molecule has 0 fully saturated rings. The number of hydrogen-bond acceptors (Lipinski definition) is 6. The third-order valence-corrected chi connectivity index (χ3v) is 8.17. The van der Waals surface area contributed by atoms with Gasteiger partial charge in [0.1, 0.15) is 5.75 Å². The summed E-state index contributed by atoms with van der Waals surface area (Å²) in [6, 6.07) is 15.0. The lowest BCUT2D eigenvalue weighted by molar-refractivity contribution is -0.130. The highest BCUT2D eigenvalue weighted by atomic mass is 35.5. The summed E-state index contributed by atoms with van der Waals surface area (Å²) in [7, 11) is -2.94. The van der Waals surface area contributed by atoms with Crippen molar-refractivity contribution in [3.8, 4) is 5.75 Å². The number of carboxylic acid groups (broad SMARTS) is 1. The van der Waals surface area contributed by atoms with E-state index in [1.807, 2.05) is 0 Å². The molecule has 0 saturated carbocycles. The molecule has 0 aliphatic carbocycles. The van der Waals surface area contributed by atoms with E-state index in [2.05, 4.69) is 0 Å². The summed E-state index contributed by atoms with van der Waals surface area (Å²) in [5, 5.41) is 10.4. The van der Waals surface area contributed by atoms with Crippen LogP contribution < -0.4 is 4.74 Å². The van der Waals surface area contributed by atoms with Crippen molar-refractivity contribution >= 4 is 67.7 Å². The first-order chi connectivity index (χ1) is 18.5. The zero-order valence-electron chi connectivity index (χ0n) is 21.1. The molecule has 0 bridgehead atoms. The van der Waals surface area contributed by atoms with Crippen molar-refractivity contribution in [1.29, 1.82) is 0 Å². The molecule has 1 N–H and O–H groups in total. The summed E-state index contributed by atoms with van der Waals surface area (Å²) in [6.07, 6.45) is 1.21. The molecule has 11 heteroatoms. The third kappa shape index (κ3) is 5.38. The summed E-state index contributed by atoms with van der Waals surface area (Å²) in [5.74, 6) is -1.79. The van der Waals surface area contributed by atoms with Crippen LogP contribution in [0, 0.1) is 6.92 Å². The number of ether oxygens (including phenoxy) is 2. The van der Waals surface area contributed by atoms with Gasteiger partial charge in [-0.15, -0.1) is 0 Å². The van der Waals surface area contributed by atoms with Gasteiger partial charge in [-0.2, -0.15) is 0 Å². The average molecular weight is 588 g/mol. The van der Waals surface area contributed by atoms with Crippen LogP contribution in [0.4, 0.5) is 0 Å². The Kier molecular flexibility index (Phi) is 8.06. The van der Waals surface area contributed by atoms with Crippen LogP contribution in [0.25, 0.3) is 22.6 Å². The Bertz CT molecular complexity index is 1720. The minimum absolute atomic E-state index is 0.0122. The van der Waals surface area contributed by atoms with E-state index in [4.69, 9.17) is 32.7 Å². The first-order valence-electron chi connectivity index (χ1n) is 11.6. The lowest BCUT2D eigenvalue weighted by Crippen LogP contribution is -2.20. The first-order valence-corrected chi connectivity index (χ1v) is 13.8. The zero-order chi connectivity index (χ0) is 28.5. The van der Waals surface area contributed by atoms with Gasteiger partial charge >= 0.3 is 11.9 Å². The summed E-state index contributed by atoms with van der Waals surface area (Å²) < 4.78 is 39.2. The van der Waals surface area contributed by atoms with Gasteiger partial charge in [0.2, 0.25) is 0 Å². The number of hydrogen-bond donors (Lipinski definition) is 1. The Balaban J connectivity index is 2.16. The van der Waals surface area contributed by atoms with E-state index in [0.717, 1.165) is 9.54 Å². The quantitative estimate of drug-likeness (QED) is 0.190. The minimum atomic E-state index is -4.41. The molecule has 0 radical (unpaired) electrons. The summed E-state index contributed by atoms with van der Waals surface area (Å²) in [6.45, 7) is 3.31. The molecule has 0 amide bonds. The van der Waals surface area contributed by atoms with Crippen molar-refractivity contribution in [2.24, 2.45) is 0 Å². The molecule has 4 rings (SSSR count). The Labute approximate surface area is 235 Å². The van der Waals surface area contributed by atoms with Gasteiger partial charge in [0, 0.05) is 16.0 Å². The number of carbonyl (C=O) groups excluding carboxylic acids is 1. The van der Waals surface area contributed by atoms with Crippen LogP contribution >= 0.6 is 23.2 Å². The molecule has 8 nitrogen and oxygen atoms in total. The maximum absolute atomic E-state index is 14.0. The smallest absolute Gasteiger partial charge is 0.356 e. The average Bonchev–Trinajstić information content (AvgIpc) is 3.22. The second-order valence-electron chi connectivity index (χ2n) is 8.44. The lowest BCUT2D eigenvalue weighted by Gasteiger charge is -2.12. The van der Waals surface area contributed by atoms with Crippen molar-refractivity contribution in [3.05, 3.63) is 93.1 Å². The summed E-state index contributed by atoms with van der Waals surface area (Å²) >= 11 is 12.8. The van der Waals surface area contributed by atoms with Gasteiger partial charge < -0.3 is 14.6 Å². The highest BCUT2D eigenvalue weighted by Crippen LogP contribution is 2.39. The maximum atomic E-state index is 14.0. The number of aromatic nitrogens is 1. The zero-order valence-corrected chi connectivity index (χ0v) is 23.4. The molecule has 4 aromatic rings. The molecule has 202 valence electrons. The predicted octanol–water partition coefficient (Wildman–Crippen LogP) is 6.30. The van der Waals surface area contributed by atoms with E-state index in [-0.39, 0.29) is 49.2 Å². The number of nitrogens with zero attached hydrogens (tertiary/aromatic N) is 1. The molecule has 3 aromatic carbocycles. The number of fused-ring (bicyclic) bond motifs is 1. The standard InChI is InChI=1S/C28H23Cl2NO7S/c1-4-38-28(34)26-22(15-21(27(32)33)17-7-9-19(37-3)10-8-17)25-23(30)13-18(29)14-24(25)31(26)39(35,36)20-11-5-16(2)6-12-20/h5-15H,4H2,1-3H3,(H,32,33). The second-order valence-corrected chi connectivity index (χ2v) is 11.1. The molecular formula is C28H23Cl2NO7S. The molecule has 0 aliphatic rings. The number of rotatable bonds is 8. The summed E-state index contributed by atoms with van der Waals surface area (Å²) in [4.78, 5) is 25.7. The van der Waals surface area contributed by atoms with Gasteiger partial charge in [0.05, 0.1) is 34.7 Å². The number of carbonyl (C=O) groups is 2. The van der Waals surface area contributed by atoms with E-state index in [0.29, 0.717) is 5.75 Å². The topological polar surface area (TPSA) is 112 Å². The second kappa shape index (κ2) is 11.1. The Morgan fingerprint density at radius 1 is 1.03 bits per heavy atom. The minimum Gasteiger partial charge on any atom is -0.497 e. The number of aliphatic carboxylic acids is 1. The van der Waals surface area contributed by atoms with E-state index >= 15 is 0 Å². The molecule has 0 unspecified atom stereocenters. The fourth-order valence-corrected chi connectivity index (χ4v) is 6.21. The van der Waals surface area contributed by atoms with Crippen molar-refractivity contribution in [2.75, 3.05) is 13.7 Å². The van der Waals surface area contributed by atoms with Gasteiger partial charge in [0.25, 0.3) is 10.0 Å². The van der Waals surface area contributed by atoms with Crippen LogP contribution in [0.2, 0.25) is 10.0 Å². The van der Waals surface area contributed by atoms with Crippen LogP contribution in [0.1, 0.15) is 34.1 Å². The number of halogens is 2. The van der Waals surface area contributed by atoms with E-state index in [1.165, 1.54) is 49.6 Å². The molecule has 39 heavy (non-hydrogen) atoms. The van der Waals surface area contributed by atoms with Gasteiger partial charge in [-0.05, 0) is 61.9 Å². The Morgan fingerprint density at radius 2 is 1.67 bits per heavy atom. The number of benzene rings is 3. The number of carboxylic acids is 1. The third-order valence-electron chi connectivity index (χ3n) is 5.93. The lowest BCUT2D eigenvalue weighted by atomic mass is 10.0. The number of esters is 1. The monoisotopic (exact) mass is 587 g/mol. The Morgan fingerprint density at radius 3 is 2.23 bits per heavy atom. The van der Waals surface area contributed by atoms with E-state index in [9.17, 15) is 23.1 Å². The van der Waals surface area contributed by atoms with Gasteiger partial charge in [-0.25, -0.2) is 22.0 Å². The first kappa shape index (κ1) is 28.2. The van der Waals surface area contributed by atoms with E-state index in [1.54, 1.807) is 38.1 Å². The predicted molar refractivity (Wildman–Crippen MR) is 150 cm³/mol. The van der Waals surface area contributed by atoms with Crippen molar-refractivity contribution in [1.82, 2.24) is 3.97 Å². The summed E-state index contributed by atoms with van der Waals surface area (Å²) in [5.41, 5.74) is 0.420. The van der Waals surface area contributed by atoms with Crippen LogP contribution in [-0.4, -0.2) is 43.2 Å². The highest BCUT2D eigenvalue weighted by Gasteiger charge is 2.33. The fourth-order valence-electron chi connectivity index (χ4n) is 4.12. The van der Waals surface area contributed by atoms with Crippen LogP contribution in [-0.2, 0) is 19.6 Å². The van der Waals surface area contributed by atoms with Crippen LogP contribution in [0.5, 0.6) is 5.75 Å². The van der Waals surface area contributed by atoms with Gasteiger partial charge in [-0.3, -0.25) is 0 Å². The normalized spacial score (nSPS) is 12.0.